The van der Waals surface area contributed by atoms with Gasteiger partial charge in [-0.2, -0.15) is 0 Å². The number of halogens is 1. The van der Waals surface area contributed by atoms with Crippen LogP contribution >= 0.6 is 15.9 Å². The number of phenols is 1. The maximum atomic E-state index is 12.9. The Morgan fingerprint density at radius 2 is 1.93 bits per heavy atom. The van der Waals surface area contributed by atoms with Crippen LogP contribution in [0.2, 0.25) is 0 Å². The van der Waals surface area contributed by atoms with E-state index in [9.17, 15) is 19.5 Å². The summed E-state index contributed by atoms with van der Waals surface area (Å²) in [6.07, 6.45) is 1.35. The van der Waals surface area contributed by atoms with Crippen molar-refractivity contribution in [1.29, 1.82) is 0 Å². The van der Waals surface area contributed by atoms with Gasteiger partial charge in [0, 0.05) is 4.47 Å². The van der Waals surface area contributed by atoms with Crippen molar-refractivity contribution in [3.8, 4) is 11.5 Å². The molecule has 0 aliphatic carbocycles. The quantitative estimate of drug-likeness (QED) is 0.555. The van der Waals surface area contributed by atoms with Crippen LogP contribution < -0.4 is 15.0 Å². The van der Waals surface area contributed by atoms with Gasteiger partial charge in [-0.15, -0.1) is 0 Å². The van der Waals surface area contributed by atoms with Crippen LogP contribution in [0.5, 0.6) is 11.5 Å². The van der Waals surface area contributed by atoms with E-state index >= 15 is 0 Å². The maximum Gasteiger partial charge on any atom is 0.335 e. The lowest BCUT2D eigenvalue weighted by Crippen LogP contribution is -2.54. The number of hydrogen-bond donors (Lipinski definition) is 2. The van der Waals surface area contributed by atoms with Gasteiger partial charge in [-0.3, -0.25) is 14.9 Å². The number of phenolic OH excluding ortho intramolecular Hbond substituents is 1. The summed E-state index contributed by atoms with van der Waals surface area (Å²) in [6, 6.07) is 8.75. The molecule has 1 aliphatic heterocycles. The van der Waals surface area contributed by atoms with Crippen molar-refractivity contribution in [3.63, 3.8) is 0 Å². The first-order valence-corrected chi connectivity index (χ1v) is 9.24. The number of urea groups is 1. The van der Waals surface area contributed by atoms with Crippen molar-refractivity contribution < 1.29 is 24.2 Å². The van der Waals surface area contributed by atoms with Gasteiger partial charge >= 0.3 is 6.03 Å². The van der Waals surface area contributed by atoms with E-state index in [2.05, 4.69) is 21.2 Å². The van der Waals surface area contributed by atoms with Crippen molar-refractivity contribution in [1.82, 2.24) is 5.32 Å². The van der Waals surface area contributed by atoms with Crippen LogP contribution in [0.3, 0.4) is 0 Å². The molecule has 2 aromatic rings. The molecule has 1 heterocycles. The minimum Gasteiger partial charge on any atom is -0.504 e. The molecule has 0 atom stereocenters. The minimum absolute atomic E-state index is 0.0503. The largest absolute Gasteiger partial charge is 0.504 e. The molecule has 4 amide bonds. The second-order valence-electron chi connectivity index (χ2n) is 6.05. The molecule has 0 spiro atoms. The normalized spacial score (nSPS) is 15.8. The summed E-state index contributed by atoms with van der Waals surface area (Å²) in [5.74, 6) is -1.33. The van der Waals surface area contributed by atoms with Crippen molar-refractivity contribution >= 4 is 45.5 Å². The molecule has 8 heteroatoms. The Balaban J connectivity index is 2.02. The highest BCUT2D eigenvalue weighted by molar-refractivity contribution is 9.10. The topological polar surface area (TPSA) is 95.9 Å². The van der Waals surface area contributed by atoms with Crippen molar-refractivity contribution in [3.05, 3.63) is 57.6 Å². The highest BCUT2D eigenvalue weighted by atomic mass is 79.9. The third-order valence-corrected chi connectivity index (χ3v) is 4.59. The Morgan fingerprint density at radius 3 is 2.61 bits per heavy atom. The summed E-state index contributed by atoms with van der Waals surface area (Å²) in [4.78, 5) is 38.5. The number of ether oxygens (including phenoxy) is 1. The number of aryl methyl sites for hydroxylation is 1. The first-order chi connectivity index (χ1) is 13.3. The second kappa shape index (κ2) is 7.85. The van der Waals surface area contributed by atoms with Gasteiger partial charge in [0.2, 0.25) is 0 Å². The van der Waals surface area contributed by atoms with Crippen molar-refractivity contribution in [2.75, 3.05) is 11.5 Å². The average Bonchev–Trinajstić information content (AvgIpc) is 2.63. The van der Waals surface area contributed by atoms with Crippen LogP contribution in [-0.4, -0.2) is 29.6 Å². The number of carbonyl (C=O) groups is 3. The van der Waals surface area contributed by atoms with E-state index in [0.717, 1.165) is 9.37 Å². The van der Waals surface area contributed by atoms with E-state index in [4.69, 9.17) is 4.74 Å². The van der Waals surface area contributed by atoms with Crippen LogP contribution in [0.1, 0.15) is 18.1 Å². The predicted octanol–water partition coefficient (Wildman–Crippen LogP) is 3.53. The summed E-state index contributed by atoms with van der Waals surface area (Å²) in [5, 5.41) is 12.0. The van der Waals surface area contributed by atoms with Gasteiger partial charge in [0.15, 0.2) is 11.5 Å². The van der Waals surface area contributed by atoms with Crippen molar-refractivity contribution in [2.24, 2.45) is 0 Å². The highest BCUT2D eigenvalue weighted by Crippen LogP contribution is 2.30. The smallest absolute Gasteiger partial charge is 0.335 e. The first kappa shape index (κ1) is 19.6. The Hall–Kier alpha value is -3.13. The average molecular weight is 445 g/mol. The number of aromatic hydroxyl groups is 1. The molecule has 1 saturated heterocycles. The summed E-state index contributed by atoms with van der Waals surface area (Å²) < 4.78 is 6.12. The van der Waals surface area contributed by atoms with Gasteiger partial charge in [-0.25, -0.2) is 9.69 Å². The zero-order valence-electron chi connectivity index (χ0n) is 15.2. The van der Waals surface area contributed by atoms with Gasteiger partial charge in [-0.1, -0.05) is 22.0 Å². The second-order valence-corrected chi connectivity index (χ2v) is 6.96. The van der Waals surface area contributed by atoms with Crippen LogP contribution in [0, 0.1) is 6.92 Å². The Kier molecular flexibility index (Phi) is 5.51. The highest BCUT2D eigenvalue weighted by Gasteiger charge is 2.37. The Morgan fingerprint density at radius 1 is 1.18 bits per heavy atom. The Bertz CT molecular complexity index is 1020. The number of anilines is 1. The fourth-order valence-corrected chi connectivity index (χ4v) is 3.28. The van der Waals surface area contributed by atoms with Gasteiger partial charge in [0.1, 0.15) is 5.57 Å². The SMILES string of the molecule is CCOc1cc(/C=C2/C(=O)NC(=O)N(c3ccc(Br)cc3C)C2=O)ccc1O. The molecule has 3 rings (SSSR count). The number of hydrogen-bond acceptors (Lipinski definition) is 5. The Labute approximate surface area is 169 Å². The molecule has 2 aromatic carbocycles. The summed E-state index contributed by atoms with van der Waals surface area (Å²) in [7, 11) is 0. The number of rotatable bonds is 4. The molecule has 0 radical (unpaired) electrons. The molecule has 144 valence electrons. The van der Waals surface area contributed by atoms with Crippen LogP contribution in [0.4, 0.5) is 10.5 Å². The van der Waals surface area contributed by atoms with Gasteiger partial charge in [0.25, 0.3) is 11.8 Å². The molecular formula is C20H17BrN2O5. The number of nitrogens with zero attached hydrogens (tertiary/aromatic N) is 1. The fourth-order valence-electron chi connectivity index (χ4n) is 2.80. The molecule has 2 N–H and O–H groups in total. The predicted molar refractivity (Wildman–Crippen MR) is 107 cm³/mol. The zero-order valence-corrected chi connectivity index (χ0v) is 16.7. The van der Waals surface area contributed by atoms with Crippen LogP contribution in [0.25, 0.3) is 6.08 Å². The molecule has 1 fully saturated rings. The number of benzene rings is 2. The van der Waals surface area contributed by atoms with Crippen LogP contribution in [-0.2, 0) is 9.59 Å². The molecule has 7 nitrogen and oxygen atoms in total. The molecule has 0 aromatic heterocycles. The summed E-state index contributed by atoms with van der Waals surface area (Å²) in [5.41, 5.74) is 1.34. The first-order valence-electron chi connectivity index (χ1n) is 8.45. The van der Waals surface area contributed by atoms with E-state index in [0.29, 0.717) is 23.4 Å². The van der Waals surface area contributed by atoms with E-state index < -0.39 is 17.8 Å². The lowest BCUT2D eigenvalue weighted by Gasteiger charge is -2.27. The van der Waals surface area contributed by atoms with E-state index in [1.165, 1.54) is 24.3 Å². The fraction of sp³-hybridized carbons (Fsp3) is 0.150. The molecular weight excluding hydrogens is 428 g/mol. The third kappa shape index (κ3) is 3.77. The lowest BCUT2D eigenvalue weighted by molar-refractivity contribution is -0.122. The number of amides is 4. The third-order valence-electron chi connectivity index (χ3n) is 4.10. The summed E-state index contributed by atoms with van der Waals surface area (Å²) in [6.45, 7) is 3.87. The number of nitrogens with one attached hydrogen (secondary N) is 1. The van der Waals surface area contributed by atoms with E-state index in [1.54, 1.807) is 32.0 Å². The standard InChI is InChI=1S/C20H17BrN2O5/c1-3-28-17-10-12(4-7-16(17)24)9-14-18(25)22-20(27)23(19(14)26)15-6-5-13(21)8-11(15)2/h4-10,24H,3H2,1-2H3,(H,22,25,27)/b14-9-. The molecule has 0 bridgehead atoms. The number of barbiturate groups is 1. The summed E-state index contributed by atoms with van der Waals surface area (Å²) >= 11 is 3.34. The minimum atomic E-state index is -0.807. The van der Waals surface area contributed by atoms with Gasteiger partial charge in [-0.05, 0) is 61.4 Å². The van der Waals surface area contributed by atoms with Gasteiger partial charge < -0.3 is 9.84 Å². The van der Waals surface area contributed by atoms with Crippen LogP contribution in [0.15, 0.2) is 46.4 Å². The molecule has 0 saturated carbocycles. The van der Waals surface area contributed by atoms with E-state index in [1.807, 2.05) is 0 Å². The van der Waals surface area contributed by atoms with E-state index in [-0.39, 0.29) is 17.1 Å². The molecule has 1 aliphatic rings. The zero-order chi connectivity index (χ0) is 20.4. The number of imide groups is 2. The number of carbonyl (C=O) groups excluding carboxylic acids is 3. The molecule has 0 unspecified atom stereocenters. The molecule has 28 heavy (non-hydrogen) atoms. The monoisotopic (exact) mass is 444 g/mol. The van der Waals surface area contributed by atoms with Crippen molar-refractivity contribution in [2.45, 2.75) is 13.8 Å². The maximum absolute atomic E-state index is 12.9. The lowest BCUT2D eigenvalue weighted by atomic mass is 10.1. The van der Waals surface area contributed by atoms with Gasteiger partial charge in [0.05, 0.1) is 12.3 Å².